The van der Waals surface area contributed by atoms with E-state index in [0.717, 1.165) is 0 Å². The van der Waals surface area contributed by atoms with Crippen molar-refractivity contribution in [2.45, 2.75) is 13.8 Å². The van der Waals surface area contributed by atoms with Crippen molar-refractivity contribution in [3.05, 3.63) is 5.56 Å². The smallest absolute Gasteiger partial charge is 0.308 e. The molecule has 0 bridgehead atoms. The Morgan fingerprint density at radius 3 is 1.94 bits per heavy atom. The fraction of sp³-hybridized carbons (Fsp3) is 0.364. The molecule has 6 heteroatoms. The van der Waals surface area contributed by atoms with Gasteiger partial charge >= 0.3 is 5.97 Å². The molecule has 0 saturated heterocycles. The van der Waals surface area contributed by atoms with E-state index >= 15 is 0 Å². The third-order valence-electron chi connectivity index (χ3n) is 2.20. The molecule has 0 spiro atoms. The molecule has 0 amide bonds. The minimum absolute atomic E-state index is 0.0274. The van der Waals surface area contributed by atoms with Crippen molar-refractivity contribution in [2.75, 3.05) is 14.2 Å². The van der Waals surface area contributed by atoms with E-state index in [4.69, 9.17) is 14.2 Å². The van der Waals surface area contributed by atoms with Crippen LogP contribution in [0, 0.1) is 6.92 Å². The molecule has 0 radical (unpaired) electrons. The number of carbonyl (C=O) groups is 1. The van der Waals surface area contributed by atoms with Gasteiger partial charge in [-0.25, -0.2) is 0 Å². The zero-order valence-corrected chi connectivity index (χ0v) is 10.0. The van der Waals surface area contributed by atoms with Crippen LogP contribution in [0.15, 0.2) is 0 Å². The van der Waals surface area contributed by atoms with Gasteiger partial charge in [0.2, 0.25) is 17.2 Å². The summed E-state index contributed by atoms with van der Waals surface area (Å²) in [4.78, 5) is 10.9. The lowest BCUT2D eigenvalue weighted by Gasteiger charge is -2.16. The van der Waals surface area contributed by atoms with Gasteiger partial charge in [0.1, 0.15) is 0 Å². The topological polar surface area (TPSA) is 85.2 Å². The van der Waals surface area contributed by atoms with Crippen LogP contribution in [-0.4, -0.2) is 30.4 Å². The lowest BCUT2D eigenvalue weighted by Crippen LogP contribution is -2.05. The number of aromatic hydroxyl groups is 2. The molecule has 0 aliphatic heterocycles. The normalized spacial score (nSPS) is 9.88. The highest BCUT2D eigenvalue weighted by atomic mass is 16.6. The van der Waals surface area contributed by atoms with E-state index in [1.54, 1.807) is 0 Å². The van der Waals surface area contributed by atoms with Crippen molar-refractivity contribution >= 4 is 5.97 Å². The predicted molar refractivity (Wildman–Crippen MR) is 58.9 cm³/mol. The average Bonchev–Trinajstić information content (AvgIpc) is 2.27. The van der Waals surface area contributed by atoms with Crippen LogP contribution in [0.1, 0.15) is 12.5 Å². The fourth-order valence-corrected chi connectivity index (χ4v) is 1.45. The van der Waals surface area contributed by atoms with Crippen molar-refractivity contribution in [3.63, 3.8) is 0 Å². The maximum absolute atomic E-state index is 10.9. The Hall–Kier alpha value is -2.11. The SMILES string of the molecule is COc1c(C)c(O)c(OC)c(OC(C)=O)c1O. The Kier molecular flexibility index (Phi) is 3.67. The molecule has 94 valence electrons. The molecule has 0 atom stereocenters. The molecule has 0 aromatic heterocycles. The van der Waals surface area contributed by atoms with Crippen LogP contribution in [0.3, 0.4) is 0 Å². The van der Waals surface area contributed by atoms with E-state index in [1.165, 1.54) is 28.1 Å². The maximum atomic E-state index is 10.9. The van der Waals surface area contributed by atoms with Crippen molar-refractivity contribution in [2.24, 2.45) is 0 Å². The molecule has 0 aliphatic carbocycles. The Morgan fingerprint density at radius 2 is 1.53 bits per heavy atom. The van der Waals surface area contributed by atoms with Crippen LogP contribution in [0.5, 0.6) is 28.7 Å². The standard InChI is InChI=1S/C11H14O6/c1-5-7(13)10(16-4)11(17-6(2)12)8(14)9(5)15-3/h13-14H,1-4H3. The lowest BCUT2D eigenvalue weighted by molar-refractivity contribution is -0.132. The number of methoxy groups -OCH3 is 2. The highest BCUT2D eigenvalue weighted by Gasteiger charge is 2.25. The second kappa shape index (κ2) is 4.82. The van der Waals surface area contributed by atoms with E-state index in [-0.39, 0.29) is 28.6 Å². The van der Waals surface area contributed by atoms with Crippen LogP contribution in [-0.2, 0) is 4.79 Å². The monoisotopic (exact) mass is 242 g/mol. The molecule has 0 saturated carbocycles. The maximum Gasteiger partial charge on any atom is 0.308 e. The summed E-state index contributed by atoms with van der Waals surface area (Å²) in [5, 5.41) is 19.7. The van der Waals surface area contributed by atoms with E-state index in [2.05, 4.69) is 0 Å². The van der Waals surface area contributed by atoms with E-state index in [1.807, 2.05) is 0 Å². The largest absolute Gasteiger partial charge is 0.504 e. The van der Waals surface area contributed by atoms with Gasteiger partial charge in [0, 0.05) is 12.5 Å². The number of carbonyl (C=O) groups excluding carboxylic acids is 1. The van der Waals surface area contributed by atoms with Crippen molar-refractivity contribution in [3.8, 4) is 28.7 Å². The summed E-state index contributed by atoms with van der Waals surface area (Å²) in [6.07, 6.45) is 0. The summed E-state index contributed by atoms with van der Waals surface area (Å²) in [5.41, 5.74) is 0.290. The van der Waals surface area contributed by atoms with Gasteiger partial charge < -0.3 is 24.4 Å². The molecule has 2 N–H and O–H groups in total. The Balaban J connectivity index is 3.54. The number of esters is 1. The zero-order chi connectivity index (χ0) is 13.2. The van der Waals surface area contributed by atoms with Crippen molar-refractivity contribution in [1.29, 1.82) is 0 Å². The first-order valence-electron chi connectivity index (χ1n) is 4.78. The van der Waals surface area contributed by atoms with Crippen LogP contribution in [0.4, 0.5) is 0 Å². The summed E-state index contributed by atoms with van der Waals surface area (Å²) in [5.74, 6) is -1.65. The summed E-state index contributed by atoms with van der Waals surface area (Å²) < 4.78 is 14.6. The summed E-state index contributed by atoms with van der Waals surface area (Å²) in [7, 11) is 2.61. The molecule has 0 fully saturated rings. The molecule has 6 nitrogen and oxygen atoms in total. The van der Waals surface area contributed by atoms with E-state index in [0.29, 0.717) is 0 Å². The number of phenols is 2. The number of rotatable bonds is 3. The Bertz CT molecular complexity index is 452. The molecule has 0 heterocycles. The lowest BCUT2D eigenvalue weighted by atomic mass is 10.1. The van der Waals surface area contributed by atoms with Gasteiger partial charge in [0.15, 0.2) is 11.5 Å². The minimum atomic E-state index is -0.649. The number of hydrogen-bond donors (Lipinski definition) is 2. The van der Waals surface area contributed by atoms with Gasteiger partial charge in [0.25, 0.3) is 0 Å². The Labute approximate surface area is 98.3 Å². The highest BCUT2D eigenvalue weighted by molar-refractivity contribution is 5.76. The number of benzene rings is 1. The first-order chi connectivity index (χ1) is 7.93. The van der Waals surface area contributed by atoms with Crippen LogP contribution >= 0.6 is 0 Å². The van der Waals surface area contributed by atoms with Crippen LogP contribution in [0.2, 0.25) is 0 Å². The summed E-state index contributed by atoms with van der Waals surface area (Å²) >= 11 is 0. The first kappa shape index (κ1) is 13.0. The molecule has 0 aliphatic rings. The van der Waals surface area contributed by atoms with Crippen LogP contribution < -0.4 is 14.2 Å². The summed E-state index contributed by atoms with van der Waals surface area (Å²) in [6, 6.07) is 0. The van der Waals surface area contributed by atoms with Crippen molar-refractivity contribution in [1.82, 2.24) is 0 Å². The number of phenolic OH excluding ortho intramolecular Hbond substituents is 2. The van der Waals surface area contributed by atoms with Gasteiger partial charge in [-0.1, -0.05) is 0 Å². The second-order valence-electron chi connectivity index (χ2n) is 3.31. The number of hydrogen-bond acceptors (Lipinski definition) is 6. The van der Waals surface area contributed by atoms with Crippen LogP contribution in [0.25, 0.3) is 0 Å². The second-order valence-corrected chi connectivity index (χ2v) is 3.31. The zero-order valence-electron chi connectivity index (χ0n) is 10.0. The van der Waals surface area contributed by atoms with Gasteiger partial charge in [0.05, 0.1) is 14.2 Å². The van der Waals surface area contributed by atoms with E-state index < -0.39 is 11.7 Å². The quantitative estimate of drug-likeness (QED) is 0.472. The number of ether oxygens (including phenoxy) is 3. The van der Waals surface area contributed by atoms with E-state index in [9.17, 15) is 15.0 Å². The molecule has 0 unspecified atom stereocenters. The van der Waals surface area contributed by atoms with Gasteiger partial charge in [-0.15, -0.1) is 0 Å². The molecule has 1 rings (SSSR count). The molecule has 1 aromatic rings. The first-order valence-corrected chi connectivity index (χ1v) is 4.78. The average molecular weight is 242 g/mol. The Morgan fingerprint density at radius 1 is 1.00 bits per heavy atom. The third kappa shape index (κ3) is 2.20. The molecular weight excluding hydrogens is 228 g/mol. The third-order valence-corrected chi connectivity index (χ3v) is 2.20. The van der Waals surface area contributed by atoms with Gasteiger partial charge in [-0.3, -0.25) is 4.79 Å². The molecule has 17 heavy (non-hydrogen) atoms. The fourth-order valence-electron chi connectivity index (χ4n) is 1.45. The molecular formula is C11H14O6. The van der Waals surface area contributed by atoms with Crippen molar-refractivity contribution < 1.29 is 29.2 Å². The molecule has 1 aromatic carbocycles. The minimum Gasteiger partial charge on any atom is -0.504 e. The van der Waals surface area contributed by atoms with Gasteiger partial charge in [-0.05, 0) is 6.92 Å². The van der Waals surface area contributed by atoms with Gasteiger partial charge in [-0.2, -0.15) is 0 Å². The highest BCUT2D eigenvalue weighted by Crippen LogP contribution is 2.52. The summed E-state index contributed by atoms with van der Waals surface area (Å²) in [6.45, 7) is 2.70. The predicted octanol–water partition coefficient (Wildman–Crippen LogP) is 1.35.